The maximum atomic E-state index is 6.23. The van der Waals surface area contributed by atoms with E-state index in [-0.39, 0.29) is 0 Å². The lowest BCUT2D eigenvalue weighted by atomic mass is 9.90. The average Bonchev–Trinajstić information content (AvgIpc) is 3.13. The molecule has 4 rings (SSSR count). The molecular formula is C19H25N7. The standard InChI is InChI=1S/C19H25N7/c20-12-13-1-5-15(6-2-13)26(16-7-3-14(21)4-8-16)18-11-17(22)19-23-9-10-25(19)24-18/h1-2,5-6,9-11,14,16H,3-4,7-8,12,20-22H2. The van der Waals surface area contributed by atoms with Crippen molar-refractivity contribution in [3.63, 3.8) is 0 Å². The van der Waals surface area contributed by atoms with Crippen LogP contribution < -0.4 is 22.1 Å². The molecule has 0 aliphatic heterocycles. The second-order valence-corrected chi connectivity index (χ2v) is 6.96. The van der Waals surface area contributed by atoms with E-state index < -0.39 is 0 Å². The van der Waals surface area contributed by atoms with Crippen LogP contribution in [0.2, 0.25) is 0 Å². The van der Waals surface area contributed by atoms with E-state index in [0.717, 1.165) is 42.8 Å². The van der Waals surface area contributed by atoms with Crippen LogP contribution in [0.1, 0.15) is 31.2 Å². The van der Waals surface area contributed by atoms with Crippen molar-refractivity contribution in [3.8, 4) is 0 Å². The molecule has 0 bridgehead atoms. The van der Waals surface area contributed by atoms with Gasteiger partial charge in [0.2, 0.25) is 0 Å². The summed E-state index contributed by atoms with van der Waals surface area (Å²) in [5, 5.41) is 4.75. The molecule has 1 saturated carbocycles. The monoisotopic (exact) mass is 351 g/mol. The smallest absolute Gasteiger partial charge is 0.176 e. The molecule has 0 saturated heterocycles. The molecule has 26 heavy (non-hydrogen) atoms. The van der Waals surface area contributed by atoms with Crippen LogP contribution in [-0.2, 0) is 6.54 Å². The van der Waals surface area contributed by atoms with Crippen LogP contribution in [0.4, 0.5) is 17.2 Å². The molecule has 1 aromatic carbocycles. The number of anilines is 3. The summed E-state index contributed by atoms with van der Waals surface area (Å²) in [4.78, 5) is 6.54. The molecule has 0 atom stereocenters. The van der Waals surface area contributed by atoms with E-state index in [1.807, 2.05) is 12.3 Å². The number of aromatic nitrogens is 3. The van der Waals surface area contributed by atoms with Crippen LogP contribution in [0.5, 0.6) is 0 Å². The highest BCUT2D eigenvalue weighted by Gasteiger charge is 2.27. The van der Waals surface area contributed by atoms with Gasteiger partial charge in [-0.05, 0) is 43.4 Å². The van der Waals surface area contributed by atoms with Gasteiger partial charge in [-0.1, -0.05) is 12.1 Å². The molecule has 0 unspecified atom stereocenters. The van der Waals surface area contributed by atoms with Crippen molar-refractivity contribution in [1.82, 2.24) is 14.6 Å². The number of nitrogen functional groups attached to an aromatic ring is 1. The Morgan fingerprint density at radius 1 is 1.12 bits per heavy atom. The van der Waals surface area contributed by atoms with Crippen molar-refractivity contribution in [1.29, 1.82) is 0 Å². The van der Waals surface area contributed by atoms with Gasteiger partial charge in [0.25, 0.3) is 0 Å². The van der Waals surface area contributed by atoms with E-state index in [1.54, 1.807) is 10.7 Å². The summed E-state index contributed by atoms with van der Waals surface area (Å²) in [6.07, 6.45) is 7.63. The summed E-state index contributed by atoms with van der Waals surface area (Å²) in [6, 6.07) is 10.9. The van der Waals surface area contributed by atoms with Gasteiger partial charge in [-0.2, -0.15) is 0 Å². The molecule has 3 aromatic rings. The Bertz CT molecular complexity index is 879. The topological polar surface area (TPSA) is 111 Å². The molecule has 0 radical (unpaired) electrons. The summed E-state index contributed by atoms with van der Waals surface area (Å²) >= 11 is 0. The third-order valence-electron chi connectivity index (χ3n) is 5.18. The molecule has 7 heteroatoms. The molecule has 7 nitrogen and oxygen atoms in total. The lowest BCUT2D eigenvalue weighted by Gasteiger charge is -2.37. The van der Waals surface area contributed by atoms with Crippen molar-refractivity contribution in [2.75, 3.05) is 10.6 Å². The summed E-state index contributed by atoms with van der Waals surface area (Å²) in [5.41, 5.74) is 21.6. The first-order valence-electron chi connectivity index (χ1n) is 9.09. The van der Waals surface area contributed by atoms with Crippen LogP contribution >= 0.6 is 0 Å². The number of rotatable bonds is 4. The second kappa shape index (κ2) is 6.93. The summed E-state index contributed by atoms with van der Waals surface area (Å²) < 4.78 is 1.74. The Labute approximate surface area is 152 Å². The number of hydrogen-bond acceptors (Lipinski definition) is 6. The zero-order valence-corrected chi connectivity index (χ0v) is 14.8. The van der Waals surface area contributed by atoms with E-state index in [1.165, 1.54) is 0 Å². The average molecular weight is 351 g/mol. The quantitative estimate of drug-likeness (QED) is 0.664. The van der Waals surface area contributed by atoms with Crippen LogP contribution in [-0.4, -0.2) is 26.7 Å². The lowest BCUT2D eigenvalue weighted by Crippen LogP contribution is -2.39. The lowest BCUT2D eigenvalue weighted by molar-refractivity contribution is 0.389. The number of hydrogen-bond donors (Lipinski definition) is 3. The predicted molar refractivity (Wildman–Crippen MR) is 104 cm³/mol. The SMILES string of the molecule is NCc1ccc(N(c2cc(N)c3nccn3n2)C2CCC(N)CC2)cc1. The van der Waals surface area contributed by atoms with E-state index in [0.29, 0.717) is 30.0 Å². The molecular weight excluding hydrogens is 326 g/mol. The molecule has 1 fully saturated rings. The molecule has 0 spiro atoms. The minimum Gasteiger partial charge on any atom is -0.396 e. The summed E-state index contributed by atoms with van der Waals surface area (Å²) in [6.45, 7) is 0.532. The highest BCUT2D eigenvalue weighted by molar-refractivity contribution is 5.71. The number of imidazole rings is 1. The number of benzene rings is 1. The Balaban J connectivity index is 1.77. The highest BCUT2D eigenvalue weighted by Crippen LogP contribution is 2.34. The van der Waals surface area contributed by atoms with Crippen molar-refractivity contribution in [3.05, 3.63) is 48.3 Å². The normalized spacial score (nSPS) is 20.4. The predicted octanol–water partition coefficient (Wildman–Crippen LogP) is 2.18. The van der Waals surface area contributed by atoms with E-state index in [4.69, 9.17) is 22.3 Å². The van der Waals surface area contributed by atoms with Crippen molar-refractivity contribution < 1.29 is 0 Å². The van der Waals surface area contributed by atoms with E-state index in [9.17, 15) is 0 Å². The van der Waals surface area contributed by atoms with Gasteiger partial charge in [-0.3, -0.25) is 0 Å². The van der Waals surface area contributed by atoms with Crippen LogP contribution in [0, 0.1) is 0 Å². The number of nitrogens with two attached hydrogens (primary N) is 3. The van der Waals surface area contributed by atoms with E-state index in [2.05, 4.69) is 34.1 Å². The van der Waals surface area contributed by atoms with Gasteiger partial charge in [0.15, 0.2) is 11.5 Å². The fourth-order valence-electron chi connectivity index (χ4n) is 3.73. The first-order valence-corrected chi connectivity index (χ1v) is 9.09. The van der Waals surface area contributed by atoms with Crippen LogP contribution in [0.3, 0.4) is 0 Å². The molecule has 1 aliphatic rings. The Morgan fingerprint density at radius 3 is 2.54 bits per heavy atom. The maximum absolute atomic E-state index is 6.23. The van der Waals surface area contributed by atoms with Gasteiger partial charge in [0.1, 0.15) is 0 Å². The maximum Gasteiger partial charge on any atom is 0.176 e. The van der Waals surface area contributed by atoms with Gasteiger partial charge >= 0.3 is 0 Å². The van der Waals surface area contributed by atoms with Crippen molar-refractivity contribution in [2.45, 2.75) is 44.3 Å². The second-order valence-electron chi connectivity index (χ2n) is 6.96. The minimum absolute atomic E-state index is 0.293. The molecule has 0 amide bonds. The fourth-order valence-corrected chi connectivity index (χ4v) is 3.73. The first kappa shape index (κ1) is 16.8. The zero-order valence-electron chi connectivity index (χ0n) is 14.8. The zero-order chi connectivity index (χ0) is 18.1. The van der Waals surface area contributed by atoms with Crippen molar-refractivity contribution >= 4 is 22.8 Å². The van der Waals surface area contributed by atoms with Gasteiger partial charge in [-0.25, -0.2) is 9.50 Å². The van der Waals surface area contributed by atoms with Gasteiger partial charge < -0.3 is 22.1 Å². The number of fused-ring (bicyclic) bond motifs is 1. The molecule has 136 valence electrons. The highest BCUT2D eigenvalue weighted by atomic mass is 15.3. The Morgan fingerprint density at radius 2 is 1.85 bits per heavy atom. The van der Waals surface area contributed by atoms with Crippen LogP contribution in [0.15, 0.2) is 42.7 Å². The Kier molecular flexibility index (Phi) is 4.48. The summed E-state index contributed by atoms with van der Waals surface area (Å²) in [7, 11) is 0. The largest absolute Gasteiger partial charge is 0.396 e. The van der Waals surface area contributed by atoms with Gasteiger partial charge in [0.05, 0.1) is 5.69 Å². The van der Waals surface area contributed by atoms with Crippen molar-refractivity contribution in [2.24, 2.45) is 11.5 Å². The minimum atomic E-state index is 0.293. The first-order chi connectivity index (χ1) is 12.7. The fraction of sp³-hybridized carbons (Fsp3) is 0.368. The van der Waals surface area contributed by atoms with Gasteiger partial charge in [0, 0.05) is 42.8 Å². The Hall–Kier alpha value is -2.64. The molecule has 6 N–H and O–H groups in total. The third-order valence-corrected chi connectivity index (χ3v) is 5.18. The van der Waals surface area contributed by atoms with Gasteiger partial charge in [-0.15, -0.1) is 5.10 Å². The van der Waals surface area contributed by atoms with Crippen LogP contribution in [0.25, 0.3) is 5.65 Å². The molecule has 2 aromatic heterocycles. The molecule has 1 aliphatic carbocycles. The summed E-state index contributed by atoms with van der Waals surface area (Å²) in [5.74, 6) is 0.828. The third kappa shape index (κ3) is 3.11. The number of nitrogens with zero attached hydrogens (tertiary/aromatic N) is 4. The van der Waals surface area contributed by atoms with E-state index >= 15 is 0 Å². The molecule has 2 heterocycles.